The van der Waals surface area contributed by atoms with Gasteiger partial charge in [-0.05, 0) is 57.8 Å². The zero-order valence-corrected chi connectivity index (χ0v) is 16.0. The summed E-state index contributed by atoms with van der Waals surface area (Å²) in [5, 5.41) is 0.0550. The smallest absolute Gasteiger partial charge is 0.400 e. The first-order chi connectivity index (χ1) is 11.0. The molecule has 1 aromatic heterocycles. The Morgan fingerprint density at radius 3 is 2.42 bits per heavy atom. The Morgan fingerprint density at radius 2 is 1.92 bits per heavy atom. The number of anilines is 1. The molecule has 0 aromatic carbocycles. The third-order valence-electron chi connectivity index (χ3n) is 4.46. The van der Waals surface area contributed by atoms with Crippen LogP contribution in [-0.2, 0) is 14.1 Å². The number of nitrogens with two attached hydrogens (primary N) is 1. The number of hydrogen-bond donors (Lipinski definition) is 1. The van der Waals surface area contributed by atoms with E-state index < -0.39 is 18.3 Å². The van der Waals surface area contributed by atoms with Crippen LogP contribution in [0, 0.1) is 6.92 Å². The van der Waals surface area contributed by atoms with E-state index in [1.807, 2.05) is 46.8 Å². The highest BCUT2D eigenvalue weighted by molar-refractivity contribution is 8.13. The number of rotatable bonds is 4. The van der Waals surface area contributed by atoms with Crippen LogP contribution < -0.4 is 5.73 Å². The highest BCUT2D eigenvalue weighted by atomic mass is 32.2. The van der Waals surface area contributed by atoms with Crippen molar-refractivity contribution in [1.29, 1.82) is 0 Å². The summed E-state index contributed by atoms with van der Waals surface area (Å²) in [5.41, 5.74) is 8.19. The Labute approximate surface area is 148 Å². The van der Waals surface area contributed by atoms with E-state index in [4.69, 9.17) is 15.0 Å². The molecule has 0 amide bonds. The van der Waals surface area contributed by atoms with Crippen LogP contribution in [0.3, 0.4) is 0 Å². The Kier molecular flexibility index (Phi) is 5.47. The van der Waals surface area contributed by atoms with Gasteiger partial charge in [-0.15, -0.1) is 0 Å². The van der Waals surface area contributed by atoms with E-state index in [0.29, 0.717) is 11.4 Å². The predicted octanol–water partition coefficient (Wildman–Crippen LogP) is 3.27. The number of pyridine rings is 1. The van der Waals surface area contributed by atoms with Gasteiger partial charge >= 0.3 is 7.12 Å². The first-order valence-electron chi connectivity index (χ1n) is 7.93. The quantitative estimate of drug-likeness (QED) is 0.842. The Hall–Kier alpha value is -1.31. The van der Waals surface area contributed by atoms with E-state index in [1.165, 1.54) is 11.8 Å². The molecule has 0 saturated carbocycles. The molecule has 1 aliphatic rings. The topological polar surface area (TPSA) is 74.4 Å². The molecule has 5 nitrogen and oxygen atoms in total. The molecule has 0 atom stereocenters. The number of hydrogen-bond acceptors (Lipinski definition) is 6. The summed E-state index contributed by atoms with van der Waals surface area (Å²) < 4.78 is 12.3. The van der Waals surface area contributed by atoms with Crippen LogP contribution in [-0.4, -0.2) is 34.2 Å². The number of nitrogens with zero attached hydrogens (tertiary/aromatic N) is 1. The fourth-order valence-corrected chi connectivity index (χ4v) is 2.88. The molecule has 0 unspecified atom stereocenters. The molecule has 0 radical (unpaired) electrons. The fourth-order valence-electron chi connectivity index (χ4n) is 2.29. The summed E-state index contributed by atoms with van der Waals surface area (Å²) in [4.78, 5) is 15.8. The molecule has 2 rings (SSSR count). The van der Waals surface area contributed by atoms with Crippen molar-refractivity contribution in [2.24, 2.45) is 0 Å². The average Bonchev–Trinajstić information content (AvgIpc) is 2.65. The average molecular weight is 348 g/mol. The molecule has 24 heavy (non-hydrogen) atoms. The van der Waals surface area contributed by atoms with E-state index in [2.05, 4.69) is 4.98 Å². The van der Waals surface area contributed by atoms with Crippen LogP contribution in [0.25, 0.3) is 6.08 Å². The van der Waals surface area contributed by atoms with Gasteiger partial charge in [0.15, 0.2) is 5.12 Å². The van der Waals surface area contributed by atoms with Crippen molar-refractivity contribution in [2.75, 3.05) is 11.5 Å². The lowest BCUT2D eigenvalue weighted by Gasteiger charge is -2.32. The summed E-state index contributed by atoms with van der Waals surface area (Å²) >= 11 is 1.24. The molecule has 130 valence electrons. The first kappa shape index (κ1) is 19.0. The van der Waals surface area contributed by atoms with Gasteiger partial charge in [0.25, 0.3) is 0 Å². The lowest BCUT2D eigenvalue weighted by atomic mass is 9.78. The van der Waals surface area contributed by atoms with Gasteiger partial charge in [0.1, 0.15) is 0 Å². The zero-order chi connectivity index (χ0) is 18.1. The molecular weight excluding hydrogens is 323 g/mol. The Balaban J connectivity index is 2.35. The fraction of sp³-hybridized carbons (Fsp3) is 0.529. The SMILES string of the molecule is CC(=O)SCC(=Cc1ncc(N)cc1C)B1OC(C)(C)C(C)(C)O1. The first-order valence-corrected chi connectivity index (χ1v) is 8.92. The molecule has 0 bridgehead atoms. The normalized spacial score (nSPS) is 19.6. The molecule has 1 aliphatic heterocycles. The van der Waals surface area contributed by atoms with Crippen molar-refractivity contribution in [2.45, 2.75) is 52.7 Å². The number of thioether (sulfide) groups is 1. The van der Waals surface area contributed by atoms with Gasteiger partial charge in [-0.3, -0.25) is 9.78 Å². The molecule has 2 heterocycles. The maximum Gasteiger partial charge on any atom is 0.491 e. The molecule has 0 aliphatic carbocycles. The van der Waals surface area contributed by atoms with Gasteiger partial charge in [-0.1, -0.05) is 11.8 Å². The van der Waals surface area contributed by atoms with Crippen molar-refractivity contribution in [1.82, 2.24) is 4.98 Å². The standard InChI is InChI=1S/C17H25BN2O3S/c1-11-7-14(19)9-20-15(11)8-13(10-24-12(2)21)18-22-16(3,4)17(5,6)23-18/h7-9H,10,19H2,1-6H3. The second kappa shape index (κ2) is 6.90. The predicted molar refractivity (Wildman–Crippen MR) is 101 cm³/mol. The van der Waals surface area contributed by atoms with Crippen molar-refractivity contribution >= 4 is 35.8 Å². The minimum atomic E-state index is -0.499. The van der Waals surface area contributed by atoms with Gasteiger partial charge in [0.05, 0.1) is 28.8 Å². The van der Waals surface area contributed by atoms with Gasteiger partial charge in [0, 0.05) is 12.7 Å². The highest BCUT2D eigenvalue weighted by Crippen LogP contribution is 2.39. The number of nitrogen functional groups attached to an aromatic ring is 1. The number of aryl methyl sites for hydroxylation is 1. The summed E-state index contributed by atoms with van der Waals surface area (Å²) in [6.07, 6.45) is 3.56. The monoisotopic (exact) mass is 348 g/mol. The third kappa shape index (κ3) is 4.20. The summed E-state index contributed by atoms with van der Waals surface area (Å²) in [7, 11) is -0.499. The van der Waals surface area contributed by atoms with Crippen LogP contribution in [0.15, 0.2) is 17.7 Å². The van der Waals surface area contributed by atoms with E-state index in [1.54, 1.807) is 13.1 Å². The maximum absolute atomic E-state index is 11.4. The Morgan fingerprint density at radius 1 is 1.33 bits per heavy atom. The lowest BCUT2D eigenvalue weighted by molar-refractivity contribution is -0.109. The summed E-state index contributed by atoms with van der Waals surface area (Å²) in [6, 6.07) is 1.87. The molecule has 1 saturated heterocycles. The molecule has 7 heteroatoms. The molecular formula is C17H25BN2O3S. The minimum absolute atomic E-state index is 0.0550. The highest BCUT2D eigenvalue weighted by Gasteiger charge is 2.52. The van der Waals surface area contributed by atoms with E-state index in [0.717, 1.165) is 16.7 Å². The van der Waals surface area contributed by atoms with Gasteiger partial charge in [0.2, 0.25) is 0 Å². The van der Waals surface area contributed by atoms with E-state index >= 15 is 0 Å². The van der Waals surface area contributed by atoms with Crippen LogP contribution in [0.4, 0.5) is 5.69 Å². The van der Waals surface area contributed by atoms with Crippen LogP contribution >= 0.6 is 11.8 Å². The van der Waals surface area contributed by atoms with Gasteiger partial charge in [-0.2, -0.15) is 0 Å². The summed E-state index contributed by atoms with van der Waals surface area (Å²) in [5.74, 6) is 0.498. The molecule has 0 spiro atoms. The second-order valence-electron chi connectivity index (χ2n) is 7.06. The van der Waals surface area contributed by atoms with E-state index in [9.17, 15) is 4.79 Å². The minimum Gasteiger partial charge on any atom is -0.400 e. The van der Waals surface area contributed by atoms with Crippen LogP contribution in [0.2, 0.25) is 0 Å². The van der Waals surface area contributed by atoms with Gasteiger partial charge in [-0.25, -0.2) is 0 Å². The number of aromatic nitrogens is 1. The lowest BCUT2D eigenvalue weighted by Crippen LogP contribution is -2.41. The number of carbonyl (C=O) groups excluding carboxylic acids is 1. The van der Waals surface area contributed by atoms with Gasteiger partial charge < -0.3 is 15.0 Å². The third-order valence-corrected chi connectivity index (χ3v) is 5.34. The molecule has 1 fully saturated rings. The van der Waals surface area contributed by atoms with Crippen LogP contribution in [0.5, 0.6) is 0 Å². The van der Waals surface area contributed by atoms with Crippen molar-refractivity contribution in [3.8, 4) is 0 Å². The molecule has 1 aromatic rings. The second-order valence-corrected chi connectivity index (χ2v) is 8.21. The summed E-state index contributed by atoms with van der Waals surface area (Å²) in [6.45, 7) is 11.5. The van der Waals surface area contributed by atoms with Crippen molar-refractivity contribution < 1.29 is 14.1 Å². The number of carbonyl (C=O) groups is 1. The zero-order valence-electron chi connectivity index (χ0n) is 15.2. The van der Waals surface area contributed by atoms with Crippen LogP contribution in [0.1, 0.15) is 45.9 Å². The largest absolute Gasteiger partial charge is 0.491 e. The molecule has 2 N–H and O–H groups in total. The Bertz CT molecular complexity index is 658. The van der Waals surface area contributed by atoms with Crippen molar-refractivity contribution in [3.05, 3.63) is 29.0 Å². The maximum atomic E-state index is 11.4. The van der Waals surface area contributed by atoms with E-state index in [-0.39, 0.29) is 5.12 Å². The van der Waals surface area contributed by atoms with Crippen molar-refractivity contribution in [3.63, 3.8) is 0 Å².